The highest BCUT2D eigenvalue weighted by atomic mass is 16.3. The average molecular weight is 222 g/mol. The van der Waals surface area contributed by atoms with E-state index in [0.717, 1.165) is 17.9 Å². The third-order valence-electron chi connectivity index (χ3n) is 3.49. The minimum Gasteiger partial charge on any atom is -0.468 e. The molecule has 1 aliphatic rings. The fourth-order valence-corrected chi connectivity index (χ4v) is 2.39. The quantitative estimate of drug-likeness (QED) is 0.854. The molecule has 2 N–H and O–H groups in total. The molecule has 1 unspecified atom stereocenters. The molecule has 0 spiro atoms. The fourth-order valence-electron chi connectivity index (χ4n) is 2.39. The van der Waals surface area contributed by atoms with E-state index >= 15 is 0 Å². The summed E-state index contributed by atoms with van der Waals surface area (Å²) < 4.78 is 5.53. The molecule has 0 aliphatic carbocycles. The molecule has 1 atom stereocenters. The first-order valence-corrected chi connectivity index (χ1v) is 6.30. The van der Waals surface area contributed by atoms with E-state index in [1.165, 1.54) is 32.2 Å². The monoisotopic (exact) mass is 222 g/mol. The highest BCUT2D eigenvalue weighted by Crippen LogP contribution is 2.19. The van der Waals surface area contributed by atoms with Gasteiger partial charge in [-0.2, -0.15) is 0 Å². The van der Waals surface area contributed by atoms with Gasteiger partial charge >= 0.3 is 0 Å². The number of hydrogen-bond donors (Lipinski definition) is 1. The van der Waals surface area contributed by atoms with Crippen LogP contribution in [0.2, 0.25) is 0 Å². The first kappa shape index (κ1) is 11.7. The Labute approximate surface area is 97.6 Å². The molecule has 2 heterocycles. The molecule has 2 rings (SSSR count). The van der Waals surface area contributed by atoms with E-state index < -0.39 is 0 Å². The Kier molecular flexibility index (Phi) is 4.02. The lowest BCUT2D eigenvalue weighted by molar-refractivity contribution is 0.189. The van der Waals surface area contributed by atoms with Crippen LogP contribution >= 0.6 is 0 Å². The van der Waals surface area contributed by atoms with Crippen LogP contribution < -0.4 is 5.73 Å². The molecule has 1 aromatic rings. The van der Waals surface area contributed by atoms with Crippen LogP contribution in [0.3, 0.4) is 0 Å². The molecule has 0 saturated carbocycles. The molecular formula is C13H22N2O. The van der Waals surface area contributed by atoms with Crippen molar-refractivity contribution in [3.05, 3.63) is 23.7 Å². The van der Waals surface area contributed by atoms with Crippen molar-refractivity contribution in [3.8, 4) is 0 Å². The molecule has 90 valence electrons. The van der Waals surface area contributed by atoms with Crippen molar-refractivity contribution in [2.24, 2.45) is 5.73 Å². The van der Waals surface area contributed by atoms with Gasteiger partial charge in [0.2, 0.25) is 0 Å². The number of hydrogen-bond acceptors (Lipinski definition) is 3. The molecule has 0 bridgehead atoms. The number of furan rings is 1. The lowest BCUT2D eigenvalue weighted by atomic mass is 10.1. The van der Waals surface area contributed by atoms with Crippen LogP contribution in [-0.2, 0) is 13.1 Å². The van der Waals surface area contributed by atoms with E-state index in [2.05, 4.69) is 17.9 Å². The van der Waals surface area contributed by atoms with Gasteiger partial charge in [-0.05, 0) is 32.4 Å². The van der Waals surface area contributed by atoms with Gasteiger partial charge in [0.05, 0.1) is 12.8 Å². The molecule has 0 radical (unpaired) electrons. The maximum Gasteiger partial charge on any atom is 0.118 e. The number of rotatable bonds is 3. The van der Waals surface area contributed by atoms with Crippen molar-refractivity contribution >= 4 is 0 Å². The lowest BCUT2D eigenvalue weighted by Crippen LogP contribution is -2.31. The Morgan fingerprint density at radius 1 is 1.44 bits per heavy atom. The van der Waals surface area contributed by atoms with Crippen LogP contribution in [0.15, 0.2) is 16.7 Å². The maximum atomic E-state index is 5.58. The minimum atomic E-state index is 0.569. The second-order valence-corrected chi connectivity index (χ2v) is 4.79. The van der Waals surface area contributed by atoms with E-state index in [9.17, 15) is 0 Å². The third kappa shape index (κ3) is 2.86. The van der Waals surface area contributed by atoms with E-state index in [4.69, 9.17) is 10.2 Å². The second kappa shape index (κ2) is 5.51. The molecule has 1 aliphatic heterocycles. The standard InChI is InChI=1S/C13H22N2O/c1-11-5-3-2-4-6-15(11)9-13-7-12(8-14)10-16-13/h7,10-11H,2-6,8-9,14H2,1H3. The molecule has 0 aromatic carbocycles. The van der Waals surface area contributed by atoms with Crippen LogP contribution in [0.5, 0.6) is 0 Å². The molecule has 3 heteroatoms. The average Bonchev–Trinajstić information content (AvgIpc) is 2.65. The van der Waals surface area contributed by atoms with Gasteiger partial charge in [-0.1, -0.05) is 12.8 Å². The van der Waals surface area contributed by atoms with Gasteiger partial charge in [0, 0.05) is 18.2 Å². The Morgan fingerprint density at radius 3 is 3.06 bits per heavy atom. The van der Waals surface area contributed by atoms with Gasteiger partial charge in [0.1, 0.15) is 5.76 Å². The highest BCUT2D eigenvalue weighted by molar-refractivity contribution is 5.12. The van der Waals surface area contributed by atoms with Gasteiger partial charge in [0.25, 0.3) is 0 Å². The highest BCUT2D eigenvalue weighted by Gasteiger charge is 2.18. The summed E-state index contributed by atoms with van der Waals surface area (Å²) in [5.74, 6) is 1.05. The molecule has 3 nitrogen and oxygen atoms in total. The van der Waals surface area contributed by atoms with Crippen molar-refractivity contribution in [1.29, 1.82) is 0 Å². The van der Waals surface area contributed by atoms with Crippen LogP contribution in [-0.4, -0.2) is 17.5 Å². The van der Waals surface area contributed by atoms with Crippen LogP contribution in [0.1, 0.15) is 43.9 Å². The first-order valence-electron chi connectivity index (χ1n) is 6.30. The SMILES string of the molecule is CC1CCCCCN1Cc1cc(CN)co1. The Hall–Kier alpha value is -0.800. The smallest absolute Gasteiger partial charge is 0.118 e. The van der Waals surface area contributed by atoms with Gasteiger partial charge in [-0.3, -0.25) is 4.90 Å². The summed E-state index contributed by atoms with van der Waals surface area (Å²) >= 11 is 0. The fraction of sp³-hybridized carbons (Fsp3) is 0.692. The normalized spacial score (nSPS) is 23.2. The van der Waals surface area contributed by atoms with Crippen LogP contribution in [0.4, 0.5) is 0 Å². The van der Waals surface area contributed by atoms with Crippen molar-refractivity contribution in [1.82, 2.24) is 4.90 Å². The third-order valence-corrected chi connectivity index (χ3v) is 3.49. The van der Waals surface area contributed by atoms with Crippen molar-refractivity contribution < 1.29 is 4.42 Å². The maximum absolute atomic E-state index is 5.58. The molecule has 1 fully saturated rings. The summed E-state index contributed by atoms with van der Waals surface area (Å²) in [4.78, 5) is 2.52. The summed E-state index contributed by atoms with van der Waals surface area (Å²) in [5, 5.41) is 0. The summed E-state index contributed by atoms with van der Waals surface area (Å²) in [6.07, 6.45) is 7.13. The topological polar surface area (TPSA) is 42.4 Å². The van der Waals surface area contributed by atoms with Crippen LogP contribution in [0.25, 0.3) is 0 Å². The summed E-state index contributed by atoms with van der Waals surface area (Å²) in [6.45, 7) is 5.01. The van der Waals surface area contributed by atoms with E-state index in [-0.39, 0.29) is 0 Å². The first-order chi connectivity index (χ1) is 7.79. The van der Waals surface area contributed by atoms with E-state index in [1.54, 1.807) is 6.26 Å². The molecular weight excluding hydrogens is 200 g/mol. The zero-order valence-electron chi connectivity index (χ0n) is 10.1. The van der Waals surface area contributed by atoms with Crippen molar-refractivity contribution in [2.45, 2.75) is 51.7 Å². The van der Waals surface area contributed by atoms with Crippen LogP contribution in [0, 0.1) is 0 Å². The predicted octanol–water partition coefficient (Wildman–Crippen LogP) is 2.50. The van der Waals surface area contributed by atoms with Gasteiger partial charge in [0.15, 0.2) is 0 Å². The molecule has 1 aromatic heterocycles. The zero-order valence-corrected chi connectivity index (χ0v) is 10.1. The Morgan fingerprint density at radius 2 is 2.31 bits per heavy atom. The Bertz CT molecular complexity index is 321. The van der Waals surface area contributed by atoms with Gasteiger partial charge < -0.3 is 10.2 Å². The molecule has 0 amide bonds. The van der Waals surface area contributed by atoms with Crippen molar-refractivity contribution in [2.75, 3.05) is 6.54 Å². The summed E-state index contributed by atoms with van der Waals surface area (Å²) in [5.41, 5.74) is 6.67. The summed E-state index contributed by atoms with van der Waals surface area (Å²) in [7, 11) is 0. The zero-order chi connectivity index (χ0) is 11.4. The number of nitrogens with two attached hydrogens (primary N) is 1. The molecule has 16 heavy (non-hydrogen) atoms. The van der Waals surface area contributed by atoms with E-state index in [0.29, 0.717) is 12.6 Å². The summed E-state index contributed by atoms with van der Waals surface area (Å²) in [6, 6.07) is 2.76. The minimum absolute atomic E-state index is 0.569. The largest absolute Gasteiger partial charge is 0.468 e. The van der Waals surface area contributed by atoms with Gasteiger partial charge in [-0.15, -0.1) is 0 Å². The lowest BCUT2D eigenvalue weighted by Gasteiger charge is -2.25. The van der Waals surface area contributed by atoms with E-state index in [1.807, 2.05) is 0 Å². The van der Waals surface area contributed by atoms with Gasteiger partial charge in [-0.25, -0.2) is 0 Å². The van der Waals surface area contributed by atoms with Crippen molar-refractivity contribution in [3.63, 3.8) is 0 Å². The number of nitrogens with zero attached hydrogens (tertiary/aromatic N) is 1. The second-order valence-electron chi connectivity index (χ2n) is 4.79. The Balaban J connectivity index is 1.96. The molecule has 1 saturated heterocycles. The number of likely N-dealkylation sites (tertiary alicyclic amines) is 1. The predicted molar refractivity (Wildman–Crippen MR) is 64.9 cm³/mol.